The van der Waals surface area contributed by atoms with Crippen LogP contribution in [0.3, 0.4) is 0 Å². The molecule has 0 radical (unpaired) electrons. The van der Waals surface area contributed by atoms with E-state index in [-0.39, 0.29) is 24.8 Å². The van der Waals surface area contributed by atoms with Crippen molar-refractivity contribution in [2.24, 2.45) is 10.9 Å². The Kier molecular flexibility index (Phi) is 8.48. The van der Waals surface area contributed by atoms with Crippen molar-refractivity contribution in [2.45, 2.75) is 32.6 Å². The maximum Gasteiger partial charge on any atom is 0.265 e. The Labute approximate surface area is 175 Å². The smallest absolute Gasteiger partial charge is 0.265 e. The highest BCUT2D eigenvalue weighted by Gasteiger charge is 2.09. The van der Waals surface area contributed by atoms with Gasteiger partial charge in [-0.15, -0.1) is 0 Å². The first-order valence-corrected chi connectivity index (χ1v) is 9.65. The fraction of sp³-hybridized carbons (Fsp3) is 0.286. The molecule has 29 heavy (non-hydrogen) atoms. The largest absolute Gasteiger partial charge is 0.384 e. The van der Waals surface area contributed by atoms with Gasteiger partial charge in [0.2, 0.25) is 5.91 Å². The molecular weight excluding hydrogens is 392 g/mol. The summed E-state index contributed by atoms with van der Waals surface area (Å²) in [6.07, 6.45) is 0.860. The fourth-order valence-corrected chi connectivity index (χ4v) is 2.64. The summed E-state index contributed by atoms with van der Waals surface area (Å²) in [6, 6.07) is 14.5. The summed E-state index contributed by atoms with van der Waals surface area (Å²) in [4.78, 5) is 28.8. The van der Waals surface area contributed by atoms with Crippen LogP contribution >= 0.6 is 11.6 Å². The minimum absolute atomic E-state index is 0.0553. The van der Waals surface area contributed by atoms with Crippen LogP contribution in [0.1, 0.15) is 38.2 Å². The van der Waals surface area contributed by atoms with E-state index in [1.165, 1.54) is 5.56 Å². The number of carbonyl (C=O) groups is 2. The number of halogens is 1. The zero-order valence-corrected chi connectivity index (χ0v) is 17.2. The van der Waals surface area contributed by atoms with Crippen LogP contribution in [0.2, 0.25) is 5.02 Å². The van der Waals surface area contributed by atoms with Gasteiger partial charge in [0.15, 0.2) is 6.61 Å². The van der Waals surface area contributed by atoms with Gasteiger partial charge in [-0.1, -0.05) is 54.9 Å². The van der Waals surface area contributed by atoms with E-state index in [1.807, 2.05) is 24.3 Å². The molecule has 2 aromatic rings. The topological polar surface area (TPSA) is 106 Å². The monoisotopic (exact) mass is 416 g/mol. The van der Waals surface area contributed by atoms with E-state index in [2.05, 4.69) is 29.6 Å². The lowest BCUT2D eigenvalue weighted by molar-refractivity contribution is -0.120. The Morgan fingerprint density at radius 3 is 2.45 bits per heavy atom. The summed E-state index contributed by atoms with van der Waals surface area (Å²) in [5, 5.41) is 9.35. The van der Waals surface area contributed by atoms with Gasteiger partial charge in [-0.25, -0.2) is 0 Å². The number of nitrogens with one attached hydrogen (secondary N) is 2. The van der Waals surface area contributed by atoms with Crippen molar-refractivity contribution in [1.82, 2.24) is 0 Å². The molecule has 7 nitrogen and oxygen atoms in total. The number of amidine groups is 1. The highest BCUT2D eigenvalue weighted by atomic mass is 35.5. The molecule has 0 fully saturated rings. The lowest BCUT2D eigenvalue weighted by atomic mass is 9.99. The van der Waals surface area contributed by atoms with Crippen LogP contribution in [0.4, 0.5) is 11.4 Å². The van der Waals surface area contributed by atoms with Crippen molar-refractivity contribution in [3.63, 3.8) is 0 Å². The first-order valence-electron chi connectivity index (χ1n) is 9.27. The van der Waals surface area contributed by atoms with Crippen LogP contribution in [0.15, 0.2) is 53.7 Å². The second-order valence-electron chi connectivity index (χ2n) is 6.54. The summed E-state index contributed by atoms with van der Waals surface area (Å²) < 4.78 is 0. The summed E-state index contributed by atoms with van der Waals surface area (Å²) in [5.74, 6) is -0.358. The van der Waals surface area contributed by atoms with Gasteiger partial charge >= 0.3 is 0 Å². The number of carbonyl (C=O) groups excluding carboxylic acids is 2. The predicted molar refractivity (Wildman–Crippen MR) is 116 cm³/mol. The van der Waals surface area contributed by atoms with Crippen LogP contribution in [0, 0.1) is 0 Å². The Bertz CT molecular complexity index is 868. The van der Waals surface area contributed by atoms with Gasteiger partial charge in [0, 0.05) is 5.69 Å². The van der Waals surface area contributed by atoms with E-state index in [0.29, 0.717) is 22.3 Å². The fourth-order valence-electron chi connectivity index (χ4n) is 2.46. The summed E-state index contributed by atoms with van der Waals surface area (Å²) in [6.45, 7) is 3.96. The normalized spacial score (nSPS) is 12.2. The molecule has 0 saturated heterocycles. The van der Waals surface area contributed by atoms with Crippen LogP contribution < -0.4 is 16.4 Å². The quantitative estimate of drug-likeness (QED) is 0.325. The average Bonchev–Trinajstić information content (AvgIpc) is 2.69. The highest BCUT2D eigenvalue weighted by molar-refractivity contribution is 6.33. The van der Waals surface area contributed by atoms with Gasteiger partial charge in [0.05, 0.1) is 17.1 Å². The van der Waals surface area contributed by atoms with E-state index in [0.717, 1.165) is 6.42 Å². The Balaban J connectivity index is 1.75. The second kappa shape index (κ2) is 11.1. The molecule has 0 aliphatic carbocycles. The van der Waals surface area contributed by atoms with E-state index in [4.69, 9.17) is 22.2 Å². The van der Waals surface area contributed by atoms with Crippen LogP contribution in [-0.2, 0) is 14.4 Å². The average molecular weight is 417 g/mol. The molecule has 0 saturated carbocycles. The van der Waals surface area contributed by atoms with Crippen LogP contribution in [0.5, 0.6) is 0 Å². The number of oxime groups is 1. The molecular formula is C21H25ClN4O3. The molecule has 8 heteroatoms. The molecule has 0 aliphatic rings. The van der Waals surface area contributed by atoms with E-state index in [9.17, 15) is 9.59 Å². The molecule has 2 rings (SSSR count). The maximum absolute atomic E-state index is 11.9. The highest BCUT2D eigenvalue weighted by Crippen LogP contribution is 2.21. The summed E-state index contributed by atoms with van der Waals surface area (Å²) in [5.41, 5.74) is 8.03. The first kappa shape index (κ1) is 22.2. The summed E-state index contributed by atoms with van der Waals surface area (Å²) in [7, 11) is 0. The lowest BCUT2D eigenvalue weighted by Gasteiger charge is -2.10. The van der Waals surface area contributed by atoms with Gasteiger partial charge in [-0.3, -0.25) is 9.59 Å². The molecule has 0 spiro atoms. The van der Waals surface area contributed by atoms with Crippen molar-refractivity contribution in [3.8, 4) is 0 Å². The number of nitrogens with zero attached hydrogens (tertiary/aromatic N) is 1. The van der Waals surface area contributed by atoms with E-state index < -0.39 is 5.91 Å². The van der Waals surface area contributed by atoms with Gasteiger partial charge in [0.1, 0.15) is 5.84 Å². The number of para-hydroxylation sites is 1. The SMILES string of the molecule is CCC(C)c1ccc(NC(=O)CO/N=C(/N)CC(=O)Nc2ccccc2Cl)cc1. The van der Waals surface area contributed by atoms with Crippen LogP contribution in [-0.4, -0.2) is 24.3 Å². The van der Waals surface area contributed by atoms with Gasteiger partial charge < -0.3 is 21.2 Å². The number of hydrogen-bond donors (Lipinski definition) is 3. The molecule has 2 aromatic carbocycles. The number of benzene rings is 2. The second-order valence-corrected chi connectivity index (χ2v) is 6.95. The zero-order chi connectivity index (χ0) is 21.2. The van der Waals surface area contributed by atoms with Gasteiger partial charge in [-0.05, 0) is 42.2 Å². The van der Waals surface area contributed by atoms with Crippen molar-refractivity contribution in [1.29, 1.82) is 0 Å². The molecule has 2 amide bonds. The Morgan fingerprint density at radius 1 is 1.10 bits per heavy atom. The first-order chi connectivity index (χ1) is 13.9. The standard InChI is InChI=1S/C21H25ClN4O3/c1-3-14(2)15-8-10-16(11-9-15)24-21(28)13-29-26-19(23)12-20(27)25-18-7-5-4-6-17(18)22/h4-11,14H,3,12-13H2,1-2H3,(H2,23,26)(H,24,28)(H,25,27). The third-order valence-electron chi connectivity index (χ3n) is 4.24. The zero-order valence-electron chi connectivity index (χ0n) is 16.4. The number of rotatable bonds is 9. The van der Waals surface area contributed by atoms with Crippen LogP contribution in [0.25, 0.3) is 0 Å². The molecule has 0 bridgehead atoms. The van der Waals surface area contributed by atoms with Crippen molar-refractivity contribution in [2.75, 3.05) is 17.2 Å². The third kappa shape index (κ3) is 7.46. The minimum atomic E-state index is -0.395. The minimum Gasteiger partial charge on any atom is -0.384 e. The van der Waals surface area contributed by atoms with Gasteiger partial charge in [0.25, 0.3) is 5.91 Å². The number of nitrogens with two attached hydrogens (primary N) is 1. The predicted octanol–water partition coefficient (Wildman–Crippen LogP) is 4.11. The maximum atomic E-state index is 11.9. The molecule has 4 N–H and O–H groups in total. The molecule has 1 unspecified atom stereocenters. The molecule has 0 aromatic heterocycles. The molecule has 154 valence electrons. The Hall–Kier alpha value is -3.06. The molecule has 1 atom stereocenters. The van der Waals surface area contributed by atoms with Gasteiger partial charge in [-0.2, -0.15) is 0 Å². The van der Waals surface area contributed by atoms with E-state index in [1.54, 1.807) is 24.3 Å². The van der Waals surface area contributed by atoms with Crippen molar-refractivity contribution in [3.05, 3.63) is 59.1 Å². The van der Waals surface area contributed by atoms with E-state index >= 15 is 0 Å². The van der Waals surface area contributed by atoms with Crippen molar-refractivity contribution >= 4 is 40.6 Å². The number of hydrogen-bond acceptors (Lipinski definition) is 4. The lowest BCUT2D eigenvalue weighted by Crippen LogP contribution is -2.23. The molecule has 0 aliphatic heterocycles. The molecule has 0 heterocycles. The number of amides is 2. The summed E-state index contributed by atoms with van der Waals surface area (Å²) >= 11 is 5.98. The van der Waals surface area contributed by atoms with Crippen molar-refractivity contribution < 1.29 is 14.4 Å². The third-order valence-corrected chi connectivity index (χ3v) is 4.57. The Morgan fingerprint density at radius 2 is 1.79 bits per heavy atom. The number of anilines is 2.